The Morgan fingerprint density at radius 1 is 1.24 bits per heavy atom. The summed E-state index contributed by atoms with van der Waals surface area (Å²) in [7, 11) is 0. The van der Waals surface area contributed by atoms with Crippen molar-refractivity contribution in [3.05, 3.63) is 99.6 Å². The second-order valence-corrected chi connectivity index (χ2v) is 9.51. The molecule has 5 rings (SSSR count). The standard InChI is InChI=1S/C27H27ClFN3O2/c1-16-23-14-30-32(22-10-8-21(29)9-11-22)25(23)13-19-3-2-18(27(16)19)12-24(31-26(34)15-33)17-4-6-20(28)7-5-17/h4-11,13-14,16,18,24,30,33H,2-3,12,15H2,1H3,(H,31,34)/t16-,18+,24?/m0/s1. The van der Waals surface area contributed by atoms with E-state index in [2.05, 4.69) is 23.7 Å². The lowest BCUT2D eigenvalue weighted by Gasteiger charge is -2.31. The van der Waals surface area contributed by atoms with E-state index in [0.29, 0.717) is 10.9 Å². The second-order valence-electron chi connectivity index (χ2n) is 9.07. The Morgan fingerprint density at radius 3 is 2.68 bits per heavy atom. The third kappa shape index (κ3) is 4.24. The minimum absolute atomic E-state index is 0.210. The number of amides is 1. The van der Waals surface area contributed by atoms with Gasteiger partial charge in [0.05, 0.1) is 17.4 Å². The van der Waals surface area contributed by atoms with Crippen LogP contribution < -0.4 is 15.8 Å². The number of rotatable bonds is 6. The first-order valence-electron chi connectivity index (χ1n) is 11.6. The van der Waals surface area contributed by atoms with Gasteiger partial charge in [-0.25, -0.2) is 4.39 Å². The largest absolute Gasteiger partial charge is 0.387 e. The van der Waals surface area contributed by atoms with Crippen LogP contribution in [0.2, 0.25) is 5.02 Å². The highest BCUT2D eigenvalue weighted by atomic mass is 35.5. The SMILES string of the molecule is C[C@H]1C2=CNN(c3ccc(F)cc3)C2=CC2=C1[C@@H](CC(NC(=O)CO)c1ccc(Cl)cc1)CC2. The number of benzene rings is 2. The number of fused-ring (bicyclic) bond motifs is 1. The van der Waals surface area contributed by atoms with Crippen molar-refractivity contribution in [3.63, 3.8) is 0 Å². The number of carbonyl (C=O) groups excluding carboxylic acids is 1. The summed E-state index contributed by atoms with van der Waals surface area (Å²) in [5.74, 6) is -0.110. The lowest BCUT2D eigenvalue weighted by molar-refractivity contribution is -0.124. The van der Waals surface area contributed by atoms with Gasteiger partial charge in [-0.1, -0.05) is 36.2 Å². The van der Waals surface area contributed by atoms with Crippen molar-refractivity contribution >= 4 is 23.2 Å². The molecule has 1 unspecified atom stereocenters. The molecule has 3 atom stereocenters. The quantitative estimate of drug-likeness (QED) is 0.535. The van der Waals surface area contributed by atoms with Crippen LogP contribution in [0.15, 0.2) is 83.2 Å². The van der Waals surface area contributed by atoms with E-state index in [4.69, 9.17) is 11.6 Å². The number of aliphatic hydroxyl groups is 1. The van der Waals surface area contributed by atoms with Crippen LogP contribution in [0.4, 0.5) is 10.1 Å². The first-order valence-corrected chi connectivity index (χ1v) is 11.9. The third-order valence-corrected chi connectivity index (χ3v) is 7.31. The van der Waals surface area contributed by atoms with E-state index in [-0.39, 0.29) is 23.7 Å². The Morgan fingerprint density at radius 2 is 1.97 bits per heavy atom. The number of hydrazine groups is 1. The molecule has 0 bridgehead atoms. The highest BCUT2D eigenvalue weighted by Gasteiger charge is 2.39. The molecule has 0 radical (unpaired) electrons. The Balaban J connectivity index is 1.42. The summed E-state index contributed by atoms with van der Waals surface area (Å²) in [6.07, 6.45) is 7.01. The fourth-order valence-corrected chi connectivity index (χ4v) is 5.59. The van der Waals surface area contributed by atoms with Gasteiger partial charge in [0.2, 0.25) is 5.91 Å². The molecule has 176 valence electrons. The van der Waals surface area contributed by atoms with Gasteiger partial charge in [-0.05, 0) is 78.8 Å². The van der Waals surface area contributed by atoms with E-state index in [1.165, 1.54) is 28.9 Å². The molecule has 2 aromatic carbocycles. The number of allylic oxidation sites excluding steroid dienone is 4. The van der Waals surface area contributed by atoms with Crippen LogP contribution in [0.5, 0.6) is 0 Å². The smallest absolute Gasteiger partial charge is 0.246 e. The highest BCUT2D eigenvalue weighted by Crippen LogP contribution is 2.49. The number of hydrogen-bond acceptors (Lipinski definition) is 4. The molecule has 3 N–H and O–H groups in total. The average Bonchev–Trinajstić information content (AvgIpc) is 3.44. The molecule has 34 heavy (non-hydrogen) atoms. The maximum Gasteiger partial charge on any atom is 0.246 e. The lowest BCUT2D eigenvalue weighted by atomic mass is 9.78. The molecule has 1 amide bonds. The average molecular weight is 480 g/mol. The molecule has 3 aliphatic rings. The van der Waals surface area contributed by atoms with Crippen molar-refractivity contribution in [1.82, 2.24) is 10.7 Å². The summed E-state index contributed by atoms with van der Waals surface area (Å²) in [5, 5.41) is 14.9. The van der Waals surface area contributed by atoms with E-state index >= 15 is 0 Å². The topological polar surface area (TPSA) is 64.6 Å². The zero-order valence-corrected chi connectivity index (χ0v) is 19.6. The summed E-state index contributed by atoms with van der Waals surface area (Å²) < 4.78 is 13.4. The fraction of sp³-hybridized carbons (Fsp3) is 0.296. The maximum absolute atomic E-state index is 13.4. The molecule has 0 spiro atoms. The number of anilines is 1. The van der Waals surface area contributed by atoms with Gasteiger partial charge in [-0.3, -0.25) is 9.80 Å². The number of hydrogen-bond donors (Lipinski definition) is 3. The number of nitrogens with zero attached hydrogens (tertiary/aromatic N) is 1. The Labute approximate surface area is 203 Å². The Bertz CT molecular complexity index is 1190. The zero-order valence-electron chi connectivity index (χ0n) is 18.9. The first-order chi connectivity index (χ1) is 16.4. The summed E-state index contributed by atoms with van der Waals surface area (Å²) >= 11 is 6.07. The summed E-state index contributed by atoms with van der Waals surface area (Å²) in [6, 6.07) is 13.8. The van der Waals surface area contributed by atoms with E-state index in [9.17, 15) is 14.3 Å². The molecule has 1 heterocycles. The van der Waals surface area contributed by atoms with Crippen molar-refractivity contribution in [2.75, 3.05) is 11.6 Å². The second kappa shape index (κ2) is 9.28. The molecule has 2 aromatic rings. The van der Waals surface area contributed by atoms with Crippen molar-refractivity contribution in [1.29, 1.82) is 0 Å². The van der Waals surface area contributed by atoms with Gasteiger partial charge in [-0.2, -0.15) is 0 Å². The monoisotopic (exact) mass is 479 g/mol. The lowest BCUT2D eigenvalue weighted by Crippen LogP contribution is -2.32. The summed E-state index contributed by atoms with van der Waals surface area (Å²) in [4.78, 5) is 12.1. The van der Waals surface area contributed by atoms with Gasteiger partial charge in [-0.15, -0.1) is 0 Å². The summed E-state index contributed by atoms with van der Waals surface area (Å²) in [6.45, 7) is 1.69. The van der Waals surface area contributed by atoms with Crippen LogP contribution >= 0.6 is 11.6 Å². The minimum atomic E-state index is -0.539. The molecular weight excluding hydrogens is 453 g/mol. The van der Waals surface area contributed by atoms with Crippen molar-refractivity contribution in [2.24, 2.45) is 11.8 Å². The predicted octanol–water partition coefficient (Wildman–Crippen LogP) is 5.17. The highest BCUT2D eigenvalue weighted by molar-refractivity contribution is 6.30. The van der Waals surface area contributed by atoms with E-state index in [1.807, 2.05) is 35.5 Å². The molecule has 7 heteroatoms. The van der Waals surface area contributed by atoms with Gasteiger partial charge in [0, 0.05) is 22.7 Å². The maximum atomic E-state index is 13.4. The molecule has 0 saturated carbocycles. The van der Waals surface area contributed by atoms with Crippen LogP contribution in [0.1, 0.15) is 37.8 Å². The molecule has 0 saturated heterocycles. The van der Waals surface area contributed by atoms with E-state index in [1.54, 1.807) is 12.1 Å². The number of aliphatic hydroxyl groups excluding tert-OH is 1. The van der Waals surface area contributed by atoms with Gasteiger partial charge >= 0.3 is 0 Å². The number of carbonyl (C=O) groups is 1. The van der Waals surface area contributed by atoms with E-state index < -0.39 is 6.61 Å². The molecule has 5 nitrogen and oxygen atoms in total. The van der Waals surface area contributed by atoms with Gasteiger partial charge in [0.15, 0.2) is 0 Å². The van der Waals surface area contributed by atoms with Crippen LogP contribution in [0.3, 0.4) is 0 Å². The minimum Gasteiger partial charge on any atom is -0.387 e. The van der Waals surface area contributed by atoms with Crippen LogP contribution in [0, 0.1) is 17.7 Å². The van der Waals surface area contributed by atoms with Crippen LogP contribution in [-0.4, -0.2) is 17.6 Å². The van der Waals surface area contributed by atoms with Crippen molar-refractivity contribution < 1.29 is 14.3 Å². The van der Waals surface area contributed by atoms with Crippen molar-refractivity contribution in [2.45, 2.75) is 32.2 Å². The summed E-state index contributed by atoms with van der Waals surface area (Å²) in [5.41, 5.74) is 10.2. The fourth-order valence-electron chi connectivity index (χ4n) is 5.46. The molecule has 1 aliphatic heterocycles. The normalized spacial score (nSPS) is 21.9. The van der Waals surface area contributed by atoms with Gasteiger partial charge in [0.25, 0.3) is 0 Å². The number of nitrogens with one attached hydrogen (secondary N) is 2. The van der Waals surface area contributed by atoms with Crippen LogP contribution in [-0.2, 0) is 4.79 Å². The zero-order chi connectivity index (χ0) is 23.8. The molecule has 2 aliphatic carbocycles. The first kappa shape index (κ1) is 22.7. The predicted molar refractivity (Wildman–Crippen MR) is 131 cm³/mol. The Kier molecular flexibility index (Phi) is 6.19. The van der Waals surface area contributed by atoms with Crippen molar-refractivity contribution in [3.8, 4) is 0 Å². The molecule has 0 fully saturated rings. The Hall–Kier alpha value is -3.09. The van der Waals surface area contributed by atoms with Crippen LogP contribution in [0.25, 0.3) is 0 Å². The molecule has 0 aromatic heterocycles. The van der Waals surface area contributed by atoms with Gasteiger partial charge in [0.1, 0.15) is 12.4 Å². The van der Waals surface area contributed by atoms with E-state index in [0.717, 1.165) is 36.2 Å². The number of halogens is 2. The van der Waals surface area contributed by atoms with Gasteiger partial charge < -0.3 is 15.8 Å². The molecular formula is C27H27ClFN3O2. The third-order valence-electron chi connectivity index (χ3n) is 7.06.